The lowest BCUT2D eigenvalue weighted by molar-refractivity contribution is 0.0729. The van der Waals surface area contributed by atoms with Gasteiger partial charge in [-0.3, -0.25) is 0 Å². The number of carbonyl (C=O) groups is 1. The van der Waals surface area contributed by atoms with Gasteiger partial charge >= 0.3 is 5.97 Å². The largest absolute Gasteiger partial charge is 0.423 e. The van der Waals surface area contributed by atoms with E-state index in [1.165, 1.54) is 0 Å². The molecule has 2 rings (SSSR count). The summed E-state index contributed by atoms with van der Waals surface area (Å²) in [6.45, 7) is 0.415. The van der Waals surface area contributed by atoms with Crippen molar-refractivity contribution in [3.05, 3.63) is 65.7 Å². The minimum absolute atomic E-state index is 0.362. The molecule has 0 aromatic heterocycles. The molecule has 0 atom stereocenters. The molecule has 0 radical (unpaired) electrons. The Morgan fingerprint density at radius 2 is 1.67 bits per heavy atom. The van der Waals surface area contributed by atoms with Crippen molar-refractivity contribution in [2.24, 2.45) is 0 Å². The van der Waals surface area contributed by atoms with E-state index in [-0.39, 0.29) is 5.97 Å². The molecular weight excluding hydrogens is 228 g/mol. The SMILES string of the molecule is COCc1ccccc1OC(=O)c1ccccc1. The second-order valence-corrected chi connectivity index (χ2v) is 3.80. The van der Waals surface area contributed by atoms with Crippen LogP contribution in [0.5, 0.6) is 5.75 Å². The summed E-state index contributed by atoms with van der Waals surface area (Å²) in [7, 11) is 1.61. The molecule has 0 fully saturated rings. The Bertz CT molecular complexity index is 520. The van der Waals surface area contributed by atoms with Gasteiger partial charge in [0.25, 0.3) is 0 Å². The number of para-hydroxylation sites is 1. The Hall–Kier alpha value is -2.13. The maximum atomic E-state index is 11.9. The second-order valence-electron chi connectivity index (χ2n) is 3.80. The first-order valence-electron chi connectivity index (χ1n) is 5.65. The van der Waals surface area contributed by atoms with Gasteiger partial charge in [0.2, 0.25) is 0 Å². The highest BCUT2D eigenvalue weighted by molar-refractivity contribution is 5.91. The van der Waals surface area contributed by atoms with E-state index in [9.17, 15) is 4.79 Å². The van der Waals surface area contributed by atoms with Gasteiger partial charge in [-0.15, -0.1) is 0 Å². The molecule has 0 saturated carbocycles. The van der Waals surface area contributed by atoms with Crippen LogP contribution in [0.3, 0.4) is 0 Å². The number of esters is 1. The van der Waals surface area contributed by atoms with Crippen LogP contribution in [-0.2, 0) is 11.3 Å². The van der Waals surface area contributed by atoms with E-state index >= 15 is 0 Å². The number of hydrogen-bond acceptors (Lipinski definition) is 3. The molecule has 0 saturated heterocycles. The molecule has 0 aliphatic heterocycles. The minimum Gasteiger partial charge on any atom is -0.423 e. The van der Waals surface area contributed by atoms with Crippen molar-refractivity contribution >= 4 is 5.97 Å². The number of hydrogen-bond donors (Lipinski definition) is 0. The Balaban J connectivity index is 2.17. The molecule has 18 heavy (non-hydrogen) atoms. The van der Waals surface area contributed by atoms with E-state index in [1.54, 1.807) is 37.4 Å². The van der Waals surface area contributed by atoms with E-state index in [1.807, 2.05) is 24.3 Å². The van der Waals surface area contributed by atoms with Crippen LogP contribution in [0.25, 0.3) is 0 Å². The van der Waals surface area contributed by atoms with Crippen molar-refractivity contribution in [3.8, 4) is 5.75 Å². The molecule has 0 unspecified atom stereocenters. The first-order chi connectivity index (χ1) is 8.81. The van der Waals surface area contributed by atoms with Crippen LogP contribution in [0.1, 0.15) is 15.9 Å². The molecule has 0 spiro atoms. The third-order valence-corrected chi connectivity index (χ3v) is 2.48. The maximum Gasteiger partial charge on any atom is 0.343 e. The van der Waals surface area contributed by atoms with Crippen LogP contribution in [0.15, 0.2) is 54.6 Å². The number of rotatable bonds is 4. The number of methoxy groups -OCH3 is 1. The molecule has 0 heterocycles. The van der Waals surface area contributed by atoms with E-state index in [4.69, 9.17) is 9.47 Å². The van der Waals surface area contributed by atoms with Crippen LogP contribution in [0, 0.1) is 0 Å². The normalized spacial score (nSPS) is 10.1. The van der Waals surface area contributed by atoms with Gasteiger partial charge in [-0.1, -0.05) is 36.4 Å². The smallest absolute Gasteiger partial charge is 0.343 e. The average Bonchev–Trinajstić information content (AvgIpc) is 2.42. The zero-order valence-corrected chi connectivity index (χ0v) is 10.1. The van der Waals surface area contributed by atoms with E-state index in [0.717, 1.165) is 5.56 Å². The highest BCUT2D eigenvalue weighted by Gasteiger charge is 2.10. The molecule has 92 valence electrons. The minimum atomic E-state index is -0.362. The Morgan fingerprint density at radius 1 is 1.00 bits per heavy atom. The van der Waals surface area contributed by atoms with Gasteiger partial charge in [-0.05, 0) is 18.2 Å². The summed E-state index contributed by atoms with van der Waals surface area (Å²) in [4.78, 5) is 11.9. The molecule has 2 aromatic carbocycles. The first-order valence-corrected chi connectivity index (χ1v) is 5.65. The number of ether oxygens (including phenoxy) is 2. The summed E-state index contributed by atoms with van der Waals surface area (Å²) in [5.74, 6) is 0.173. The molecule has 0 bridgehead atoms. The van der Waals surface area contributed by atoms with Gasteiger partial charge in [-0.25, -0.2) is 4.79 Å². The van der Waals surface area contributed by atoms with Crippen LogP contribution in [0.2, 0.25) is 0 Å². The molecular formula is C15H14O3. The van der Waals surface area contributed by atoms with Crippen molar-refractivity contribution in [1.82, 2.24) is 0 Å². The molecule has 0 amide bonds. The fourth-order valence-electron chi connectivity index (χ4n) is 1.61. The second kappa shape index (κ2) is 5.98. The summed E-state index contributed by atoms with van der Waals surface area (Å²) in [6.07, 6.45) is 0. The highest BCUT2D eigenvalue weighted by atomic mass is 16.5. The molecule has 0 aliphatic rings. The topological polar surface area (TPSA) is 35.5 Å². The standard InChI is InChI=1S/C15H14O3/c1-17-11-13-9-5-6-10-14(13)18-15(16)12-7-3-2-4-8-12/h2-10H,11H2,1H3. The van der Waals surface area contributed by atoms with Crippen molar-refractivity contribution in [2.45, 2.75) is 6.61 Å². The molecule has 2 aromatic rings. The van der Waals surface area contributed by atoms with Gasteiger partial charge in [0.1, 0.15) is 5.75 Å². The summed E-state index contributed by atoms with van der Waals surface area (Å²) >= 11 is 0. The predicted octanol–water partition coefficient (Wildman–Crippen LogP) is 3.05. The van der Waals surface area contributed by atoms with Gasteiger partial charge in [-0.2, -0.15) is 0 Å². The molecule has 3 nitrogen and oxygen atoms in total. The summed E-state index contributed by atoms with van der Waals surface area (Å²) in [5, 5.41) is 0. The zero-order chi connectivity index (χ0) is 12.8. The zero-order valence-electron chi connectivity index (χ0n) is 10.1. The predicted molar refractivity (Wildman–Crippen MR) is 68.6 cm³/mol. The maximum absolute atomic E-state index is 11.9. The van der Waals surface area contributed by atoms with E-state index in [0.29, 0.717) is 17.9 Å². The summed E-state index contributed by atoms with van der Waals surface area (Å²) < 4.78 is 10.4. The summed E-state index contributed by atoms with van der Waals surface area (Å²) in [6, 6.07) is 16.3. The average molecular weight is 242 g/mol. The molecule has 0 N–H and O–H groups in total. The van der Waals surface area contributed by atoms with Gasteiger partial charge in [0, 0.05) is 12.7 Å². The lowest BCUT2D eigenvalue weighted by atomic mass is 10.2. The first kappa shape index (κ1) is 12.3. The van der Waals surface area contributed by atoms with Crippen molar-refractivity contribution in [3.63, 3.8) is 0 Å². The van der Waals surface area contributed by atoms with Gasteiger partial charge in [0.05, 0.1) is 12.2 Å². The third-order valence-electron chi connectivity index (χ3n) is 2.48. The highest BCUT2D eigenvalue weighted by Crippen LogP contribution is 2.20. The van der Waals surface area contributed by atoms with Crippen LogP contribution >= 0.6 is 0 Å². The van der Waals surface area contributed by atoms with Crippen LogP contribution in [-0.4, -0.2) is 13.1 Å². The quantitative estimate of drug-likeness (QED) is 0.610. The number of carbonyl (C=O) groups excluding carboxylic acids is 1. The molecule has 0 aliphatic carbocycles. The Morgan fingerprint density at radius 3 is 2.39 bits per heavy atom. The van der Waals surface area contributed by atoms with Crippen molar-refractivity contribution in [1.29, 1.82) is 0 Å². The van der Waals surface area contributed by atoms with Crippen molar-refractivity contribution in [2.75, 3.05) is 7.11 Å². The Labute approximate surface area is 106 Å². The third kappa shape index (κ3) is 2.96. The van der Waals surface area contributed by atoms with E-state index in [2.05, 4.69) is 0 Å². The fourth-order valence-corrected chi connectivity index (χ4v) is 1.61. The van der Waals surface area contributed by atoms with Crippen molar-refractivity contribution < 1.29 is 14.3 Å². The van der Waals surface area contributed by atoms with Gasteiger partial charge in [0.15, 0.2) is 0 Å². The van der Waals surface area contributed by atoms with Crippen LogP contribution < -0.4 is 4.74 Å². The lowest BCUT2D eigenvalue weighted by Crippen LogP contribution is -2.09. The number of benzene rings is 2. The fraction of sp³-hybridized carbons (Fsp3) is 0.133. The monoisotopic (exact) mass is 242 g/mol. The van der Waals surface area contributed by atoms with Crippen LogP contribution in [0.4, 0.5) is 0 Å². The lowest BCUT2D eigenvalue weighted by Gasteiger charge is -2.09. The Kier molecular flexibility index (Phi) is 4.10. The van der Waals surface area contributed by atoms with E-state index < -0.39 is 0 Å². The van der Waals surface area contributed by atoms with Gasteiger partial charge < -0.3 is 9.47 Å². The summed E-state index contributed by atoms with van der Waals surface area (Å²) in [5.41, 5.74) is 1.38. The molecule has 3 heteroatoms.